The normalized spacial score (nSPS) is 17.1. The van der Waals surface area contributed by atoms with Crippen molar-refractivity contribution < 1.29 is 4.79 Å². The summed E-state index contributed by atoms with van der Waals surface area (Å²) in [6, 6.07) is 0. The van der Waals surface area contributed by atoms with Crippen LogP contribution in [0.4, 0.5) is 0 Å². The Morgan fingerprint density at radius 3 is 2.62 bits per heavy atom. The third-order valence-corrected chi connectivity index (χ3v) is 4.85. The molecule has 5 heteroatoms. The van der Waals surface area contributed by atoms with Gasteiger partial charge in [0.1, 0.15) is 5.69 Å². The maximum absolute atomic E-state index is 12.7. The Labute approximate surface area is 136 Å². The number of aromatic nitrogens is 2. The van der Waals surface area contributed by atoms with Gasteiger partial charge >= 0.3 is 0 Å². The second kappa shape index (κ2) is 8.08. The molecule has 1 aliphatic rings. The molecule has 0 radical (unpaired) electrons. The molecular formula is C16H26BrN3O. The van der Waals surface area contributed by atoms with E-state index in [0.29, 0.717) is 12.3 Å². The summed E-state index contributed by atoms with van der Waals surface area (Å²) >= 11 is 3.49. The lowest BCUT2D eigenvalue weighted by molar-refractivity contribution is 0.0944. The molecule has 118 valence electrons. The number of carbonyl (C=O) groups excluding carboxylic acids is 1. The number of ketones is 1. The van der Waals surface area contributed by atoms with Crippen LogP contribution in [0.1, 0.15) is 55.4 Å². The molecule has 1 aromatic rings. The molecule has 2 rings (SSSR count). The van der Waals surface area contributed by atoms with Crippen molar-refractivity contribution in [1.82, 2.24) is 14.7 Å². The van der Waals surface area contributed by atoms with E-state index in [-0.39, 0.29) is 5.78 Å². The zero-order valence-electron chi connectivity index (χ0n) is 13.1. The number of carbonyl (C=O) groups is 1. The summed E-state index contributed by atoms with van der Waals surface area (Å²) in [5.74, 6) is 0.800. The summed E-state index contributed by atoms with van der Waals surface area (Å²) < 4.78 is 2.68. The topological polar surface area (TPSA) is 38.1 Å². The van der Waals surface area contributed by atoms with E-state index in [9.17, 15) is 4.79 Å². The van der Waals surface area contributed by atoms with Crippen LogP contribution in [-0.4, -0.2) is 41.1 Å². The van der Waals surface area contributed by atoms with E-state index in [1.54, 1.807) is 6.20 Å². The number of nitrogens with zero attached hydrogens (tertiary/aromatic N) is 3. The minimum atomic E-state index is 0.241. The van der Waals surface area contributed by atoms with Gasteiger partial charge in [0.2, 0.25) is 0 Å². The van der Waals surface area contributed by atoms with E-state index in [1.165, 1.54) is 38.5 Å². The van der Waals surface area contributed by atoms with Crippen molar-refractivity contribution in [2.75, 3.05) is 20.6 Å². The molecule has 4 nitrogen and oxygen atoms in total. The monoisotopic (exact) mass is 355 g/mol. The van der Waals surface area contributed by atoms with Crippen LogP contribution < -0.4 is 0 Å². The maximum atomic E-state index is 12.7. The first kappa shape index (κ1) is 16.7. The standard InChI is InChI=1S/C16H26BrN3O/c1-19(2)9-10-20-16(14(17)12-18-20)15(21)11-13-7-5-3-4-6-8-13/h12-13H,3-11H2,1-2H3. The van der Waals surface area contributed by atoms with E-state index in [4.69, 9.17) is 0 Å². The van der Waals surface area contributed by atoms with Gasteiger partial charge < -0.3 is 4.90 Å². The van der Waals surface area contributed by atoms with Gasteiger partial charge in [-0.25, -0.2) is 0 Å². The molecule has 0 aliphatic heterocycles. The highest BCUT2D eigenvalue weighted by Crippen LogP contribution is 2.28. The molecule has 0 aromatic carbocycles. The van der Waals surface area contributed by atoms with Crippen LogP contribution in [0.5, 0.6) is 0 Å². The van der Waals surface area contributed by atoms with Crippen LogP contribution in [0.2, 0.25) is 0 Å². The summed E-state index contributed by atoms with van der Waals surface area (Å²) in [6.07, 6.45) is 10.0. The van der Waals surface area contributed by atoms with Gasteiger partial charge in [0.15, 0.2) is 5.78 Å². The smallest absolute Gasteiger partial charge is 0.182 e. The fourth-order valence-corrected chi connectivity index (χ4v) is 3.55. The largest absolute Gasteiger partial charge is 0.308 e. The second-order valence-corrected chi connectivity index (χ2v) is 7.21. The Hall–Kier alpha value is -0.680. The van der Waals surface area contributed by atoms with E-state index < -0.39 is 0 Å². The summed E-state index contributed by atoms with van der Waals surface area (Å²) in [6.45, 7) is 1.64. The third kappa shape index (κ3) is 4.92. The van der Waals surface area contributed by atoms with Gasteiger partial charge in [-0.3, -0.25) is 9.48 Å². The highest BCUT2D eigenvalue weighted by atomic mass is 79.9. The predicted molar refractivity (Wildman–Crippen MR) is 88.6 cm³/mol. The van der Waals surface area contributed by atoms with Crippen LogP contribution in [0, 0.1) is 5.92 Å². The number of likely N-dealkylation sites (N-methyl/N-ethyl adjacent to an activating group) is 1. The van der Waals surface area contributed by atoms with Crippen LogP contribution in [0.3, 0.4) is 0 Å². The first-order valence-electron chi connectivity index (χ1n) is 7.97. The van der Waals surface area contributed by atoms with Gasteiger partial charge in [-0.1, -0.05) is 38.5 Å². The minimum Gasteiger partial charge on any atom is -0.308 e. The Bertz CT molecular complexity index is 462. The van der Waals surface area contributed by atoms with E-state index in [1.807, 2.05) is 18.8 Å². The van der Waals surface area contributed by atoms with E-state index >= 15 is 0 Å². The van der Waals surface area contributed by atoms with Crippen molar-refractivity contribution in [2.24, 2.45) is 5.92 Å². The fourth-order valence-electron chi connectivity index (χ4n) is 3.03. The minimum absolute atomic E-state index is 0.241. The van der Waals surface area contributed by atoms with Gasteiger partial charge in [0.25, 0.3) is 0 Å². The van der Waals surface area contributed by atoms with Gasteiger partial charge in [0, 0.05) is 13.0 Å². The molecule has 1 saturated carbocycles. The van der Waals surface area contributed by atoms with Crippen molar-refractivity contribution in [2.45, 2.75) is 51.5 Å². The number of halogens is 1. The average molecular weight is 356 g/mol. The predicted octanol–water partition coefficient (Wildman–Crippen LogP) is 3.75. The molecule has 0 N–H and O–H groups in total. The van der Waals surface area contributed by atoms with Crippen molar-refractivity contribution in [1.29, 1.82) is 0 Å². The molecule has 1 fully saturated rings. The van der Waals surface area contributed by atoms with E-state index in [0.717, 1.165) is 23.3 Å². The first-order chi connectivity index (χ1) is 10.1. The van der Waals surface area contributed by atoms with Crippen LogP contribution in [0.25, 0.3) is 0 Å². The zero-order chi connectivity index (χ0) is 15.2. The maximum Gasteiger partial charge on any atom is 0.182 e. The molecular weight excluding hydrogens is 330 g/mol. The molecule has 0 bridgehead atoms. The van der Waals surface area contributed by atoms with Gasteiger partial charge in [-0.05, 0) is 35.9 Å². The molecule has 1 heterocycles. The number of hydrogen-bond acceptors (Lipinski definition) is 3. The number of rotatable bonds is 6. The second-order valence-electron chi connectivity index (χ2n) is 6.35. The lowest BCUT2D eigenvalue weighted by Gasteiger charge is -2.15. The van der Waals surface area contributed by atoms with Gasteiger partial charge in [-0.15, -0.1) is 0 Å². The van der Waals surface area contributed by atoms with Crippen molar-refractivity contribution >= 4 is 21.7 Å². The average Bonchev–Trinajstić information content (AvgIpc) is 2.63. The SMILES string of the molecule is CN(C)CCn1ncc(Br)c1C(=O)CC1CCCCCC1. The Morgan fingerprint density at radius 1 is 1.33 bits per heavy atom. The number of hydrogen-bond donors (Lipinski definition) is 0. The molecule has 0 unspecified atom stereocenters. The molecule has 21 heavy (non-hydrogen) atoms. The highest BCUT2D eigenvalue weighted by Gasteiger charge is 2.22. The third-order valence-electron chi connectivity index (χ3n) is 4.27. The zero-order valence-corrected chi connectivity index (χ0v) is 14.7. The summed E-state index contributed by atoms with van der Waals surface area (Å²) in [5.41, 5.74) is 0.751. The number of Topliss-reactive ketones (excluding diaryl/α,β-unsaturated/α-hetero) is 1. The lowest BCUT2D eigenvalue weighted by atomic mass is 9.93. The van der Waals surface area contributed by atoms with Gasteiger partial charge in [-0.2, -0.15) is 5.10 Å². The van der Waals surface area contributed by atoms with Crippen LogP contribution >= 0.6 is 15.9 Å². The fraction of sp³-hybridized carbons (Fsp3) is 0.750. The molecule has 0 amide bonds. The van der Waals surface area contributed by atoms with E-state index in [2.05, 4.69) is 25.9 Å². The Morgan fingerprint density at radius 2 is 2.00 bits per heavy atom. The van der Waals surface area contributed by atoms with Crippen molar-refractivity contribution in [3.8, 4) is 0 Å². The molecule has 1 aromatic heterocycles. The van der Waals surface area contributed by atoms with Crippen molar-refractivity contribution in [3.05, 3.63) is 16.4 Å². The van der Waals surface area contributed by atoms with Crippen LogP contribution in [-0.2, 0) is 6.54 Å². The summed E-state index contributed by atoms with van der Waals surface area (Å²) in [7, 11) is 4.07. The molecule has 0 spiro atoms. The Kier molecular flexibility index (Phi) is 6.42. The lowest BCUT2D eigenvalue weighted by Crippen LogP contribution is -2.22. The summed E-state index contributed by atoms with van der Waals surface area (Å²) in [4.78, 5) is 14.8. The first-order valence-corrected chi connectivity index (χ1v) is 8.76. The van der Waals surface area contributed by atoms with Crippen molar-refractivity contribution in [3.63, 3.8) is 0 Å². The molecule has 1 aliphatic carbocycles. The quantitative estimate of drug-likeness (QED) is 0.576. The summed E-state index contributed by atoms with van der Waals surface area (Å²) in [5, 5.41) is 4.34. The van der Waals surface area contributed by atoms with Crippen LogP contribution in [0.15, 0.2) is 10.7 Å². The van der Waals surface area contributed by atoms with Gasteiger partial charge in [0.05, 0.1) is 17.2 Å². The highest BCUT2D eigenvalue weighted by molar-refractivity contribution is 9.10. The molecule has 0 atom stereocenters. The Balaban J connectivity index is 2.02. The molecule has 0 saturated heterocycles.